The molecule has 0 amide bonds. The molecule has 2 heteroatoms. The van der Waals surface area contributed by atoms with Gasteiger partial charge in [0.2, 0.25) is 0 Å². The van der Waals surface area contributed by atoms with E-state index in [0.29, 0.717) is 0 Å². The van der Waals surface area contributed by atoms with Crippen LogP contribution in [0.15, 0.2) is 0 Å². The summed E-state index contributed by atoms with van der Waals surface area (Å²) in [5.41, 5.74) is 0. The van der Waals surface area contributed by atoms with Crippen LogP contribution in [0.5, 0.6) is 0 Å². The van der Waals surface area contributed by atoms with Crippen molar-refractivity contribution in [2.24, 2.45) is 0 Å². The van der Waals surface area contributed by atoms with Crippen LogP contribution >= 0.6 is 0 Å². The molecule has 1 rings (SSSR count). The van der Waals surface area contributed by atoms with E-state index in [0.717, 1.165) is 18.1 Å². The predicted octanol–water partition coefficient (Wildman–Crippen LogP) is 4.20. The second-order valence-electron chi connectivity index (χ2n) is 6.46. The molecule has 1 N–H and O–H groups in total. The highest BCUT2D eigenvalue weighted by molar-refractivity contribution is 4.85. The summed E-state index contributed by atoms with van der Waals surface area (Å²) in [5.74, 6) is 0. The Balaban J connectivity index is 2.23. The van der Waals surface area contributed by atoms with Crippen LogP contribution in [0.3, 0.4) is 0 Å². The van der Waals surface area contributed by atoms with E-state index < -0.39 is 0 Å². The van der Waals surface area contributed by atoms with Crippen molar-refractivity contribution >= 4 is 0 Å². The fraction of sp³-hybridized carbons (Fsp3) is 1.00. The monoisotopic (exact) mass is 268 g/mol. The van der Waals surface area contributed by atoms with Gasteiger partial charge in [0.15, 0.2) is 0 Å². The number of unbranched alkanes of at least 4 members (excludes halogenated alkanes) is 3. The fourth-order valence-corrected chi connectivity index (χ4v) is 3.41. The molecule has 1 fully saturated rings. The minimum atomic E-state index is 0.754. The average Bonchev–Trinajstić information content (AvgIpc) is 2.41. The Morgan fingerprint density at radius 2 is 1.95 bits per heavy atom. The Kier molecular flexibility index (Phi) is 8.72. The van der Waals surface area contributed by atoms with Crippen molar-refractivity contribution in [1.29, 1.82) is 0 Å². The van der Waals surface area contributed by atoms with Gasteiger partial charge in [-0.05, 0) is 46.1 Å². The largest absolute Gasteiger partial charge is 0.314 e. The summed E-state index contributed by atoms with van der Waals surface area (Å²) < 4.78 is 0. The summed E-state index contributed by atoms with van der Waals surface area (Å²) in [4.78, 5) is 2.75. The predicted molar refractivity (Wildman–Crippen MR) is 85.7 cm³/mol. The summed E-state index contributed by atoms with van der Waals surface area (Å²) in [7, 11) is 0. The lowest BCUT2D eigenvalue weighted by Gasteiger charge is -2.41. The molecule has 0 bridgehead atoms. The van der Waals surface area contributed by atoms with Gasteiger partial charge in [-0.2, -0.15) is 0 Å². The molecular formula is C17H36N2. The molecule has 0 aromatic rings. The van der Waals surface area contributed by atoms with Gasteiger partial charge in [-0.3, -0.25) is 4.90 Å². The van der Waals surface area contributed by atoms with Gasteiger partial charge in [-0.15, -0.1) is 0 Å². The van der Waals surface area contributed by atoms with E-state index in [9.17, 15) is 0 Å². The van der Waals surface area contributed by atoms with E-state index in [-0.39, 0.29) is 0 Å². The molecule has 1 heterocycles. The zero-order chi connectivity index (χ0) is 14.1. The van der Waals surface area contributed by atoms with Gasteiger partial charge >= 0.3 is 0 Å². The summed E-state index contributed by atoms with van der Waals surface area (Å²) in [6, 6.07) is 2.29. The lowest BCUT2D eigenvalue weighted by Crippen LogP contribution is -2.50. The van der Waals surface area contributed by atoms with Crippen molar-refractivity contribution in [3.63, 3.8) is 0 Å². The molecule has 114 valence electrons. The van der Waals surface area contributed by atoms with Gasteiger partial charge in [-0.1, -0.05) is 39.5 Å². The van der Waals surface area contributed by atoms with Crippen molar-refractivity contribution in [1.82, 2.24) is 10.2 Å². The third-order valence-corrected chi connectivity index (χ3v) is 4.65. The van der Waals surface area contributed by atoms with Crippen LogP contribution in [0.4, 0.5) is 0 Å². The highest BCUT2D eigenvalue weighted by atomic mass is 15.2. The van der Waals surface area contributed by atoms with Crippen molar-refractivity contribution in [2.75, 3.05) is 13.1 Å². The standard InChI is InChI=1S/C17H36N2/c1-5-7-8-9-10-15(3)19-13-11-17(14-16(19)4)18-12-6-2/h15-18H,5-14H2,1-4H3. The molecule has 1 aliphatic heterocycles. The molecule has 3 unspecified atom stereocenters. The number of hydrogen-bond donors (Lipinski definition) is 1. The van der Waals surface area contributed by atoms with Gasteiger partial charge < -0.3 is 5.32 Å². The molecule has 1 saturated heterocycles. The maximum absolute atomic E-state index is 3.69. The first kappa shape index (κ1) is 17.0. The number of piperidine rings is 1. The van der Waals surface area contributed by atoms with Crippen LogP contribution in [0.25, 0.3) is 0 Å². The first-order valence-electron chi connectivity index (χ1n) is 8.68. The van der Waals surface area contributed by atoms with Crippen LogP contribution < -0.4 is 5.32 Å². The zero-order valence-corrected chi connectivity index (χ0v) is 13.8. The minimum absolute atomic E-state index is 0.754. The van der Waals surface area contributed by atoms with Gasteiger partial charge in [-0.25, -0.2) is 0 Å². The number of hydrogen-bond acceptors (Lipinski definition) is 2. The molecule has 3 atom stereocenters. The normalized spacial score (nSPS) is 26.5. The molecule has 0 aliphatic carbocycles. The Morgan fingerprint density at radius 3 is 2.58 bits per heavy atom. The number of nitrogens with one attached hydrogen (secondary N) is 1. The number of rotatable bonds is 9. The molecule has 1 aliphatic rings. The van der Waals surface area contributed by atoms with Crippen molar-refractivity contribution in [2.45, 2.75) is 97.2 Å². The van der Waals surface area contributed by atoms with Crippen LogP contribution in [-0.4, -0.2) is 36.1 Å². The van der Waals surface area contributed by atoms with E-state index in [2.05, 4.69) is 37.9 Å². The molecule has 2 nitrogen and oxygen atoms in total. The van der Waals surface area contributed by atoms with Crippen molar-refractivity contribution in [3.8, 4) is 0 Å². The average molecular weight is 268 g/mol. The first-order chi connectivity index (χ1) is 9.19. The van der Waals surface area contributed by atoms with Gasteiger partial charge in [0, 0.05) is 24.7 Å². The Morgan fingerprint density at radius 1 is 1.16 bits per heavy atom. The molecule has 0 spiro atoms. The van der Waals surface area contributed by atoms with Gasteiger partial charge in [0.25, 0.3) is 0 Å². The molecule has 19 heavy (non-hydrogen) atoms. The molecule has 0 aromatic carbocycles. The van der Waals surface area contributed by atoms with E-state index >= 15 is 0 Å². The summed E-state index contributed by atoms with van der Waals surface area (Å²) in [6.07, 6.45) is 10.9. The third kappa shape index (κ3) is 6.27. The molecule has 0 aromatic heterocycles. The van der Waals surface area contributed by atoms with Crippen molar-refractivity contribution in [3.05, 3.63) is 0 Å². The second-order valence-corrected chi connectivity index (χ2v) is 6.46. The van der Waals surface area contributed by atoms with Crippen LogP contribution in [0, 0.1) is 0 Å². The topological polar surface area (TPSA) is 15.3 Å². The highest BCUT2D eigenvalue weighted by Crippen LogP contribution is 2.22. The minimum Gasteiger partial charge on any atom is -0.314 e. The summed E-state index contributed by atoms with van der Waals surface area (Å²) in [5, 5.41) is 3.69. The first-order valence-corrected chi connectivity index (χ1v) is 8.68. The summed E-state index contributed by atoms with van der Waals surface area (Å²) in [6.45, 7) is 11.9. The third-order valence-electron chi connectivity index (χ3n) is 4.65. The maximum atomic E-state index is 3.69. The fourth-order valence-electron chi connectivity index (χ4n) is 3.41. The van der Waals surface area contributed by atoms with Crippen molar-refractivity contribution < 1.29 is 0 Å². The maximum Gasteiger partial charge on any atom is 0.00940 e. The highest BCUT2D eigenvalue weighted by Gasteiger charge is 2.27. The van der Waals surface area contributed by atoms with E-state index in [1.54, 1.807) is 0 Å². The lowest BCUT2D eigenvalue weighted by molar-refractivity contribution is 0.0900. The van der Waals surface area contributed by atoms with E-state index in [4.69, 9.17) is 0 Å². The summed E-state index contributed by atoms with van der Waals surface area (Å²) >= 11 is 0. The number of nitrogens with zero attached hydrogens (tertiary/aromatic N) is 1. The zero-order valence-electron chi connectivity index (χ0n) is 13.8. The molecule has 0 saturated carbocycles. The van der Waals surface area contributed by atoms with Gasteiger partial charge in [0.05, 0.1) is 0 Å². The van der Waals surface area contributed by atoms with E-state index in [1.165, 1.54) is 64.5 Å². The quantitative estimate of drug-likeness (QED) is 0.631. The van der Waals surface area contributed by atoms with E-state index in [1.807, 2.05) is 0 Å². The Labute approximate surface area is 121 Å². The van der Waals surface area contributed by atoms with Crippen LogP contribution in [-0.2, 0) is 0 Å². The van der Waals surface area contributed by atoms with Crippen LogP contribution in [0.1, 0.15) is 79.1 Å². The molecule has 0 radical (unpaired) electrons. The smallest absolute Gasteiger partial charge is 0.00940 e. The Hall–Kier alpha value is -0.0800. The lowest BCUT2D eigenvalue weighted by atomic mass is 9.95. The molecular weight excluding hydrogens is 232 g/mol. The Bertz CT molecular complexity index is 213. The van der Waals surface area contributed by atoms with Gasteiger partial charge in [0.1, 0.15) is 0 Å². The number of likely N-dealkylation sites (tertiary alicyclic amines) is 1. The SMILES string of the molecule is CCCCCCC(C)N1CCC(NCCC)CC1C. The second kappa shape index (κ2) is 9.77. The van der Waals surface area contributed by atoms with Crippen LogP contribution in [0.2, 0.25) is 0 Å².